The third-order valence-corrected chi connectivity index (χ3v) is 2.38. The Kier molecular flexibility index (Phi) is 3.56. The minimum absolute atomic E-state index is 0.0603. The van der Waals surface area contributed by atoms with Crippen molar-refractivity contribution >= 4 is 5.69 Å². The summed E-state index contributed by atoms with van der Waals surface area (Å²) in [5.74, 6) is 0.791. The van der Waals surface area contributed by atoms with Crippen LogP contribution in [0.3, 0.4) is 0 Å². The van der Waals surface area contributed by atoms with Gasteiger partial charge in [-0.25, -0.2) is 0 Å². The van der Waals surface area contributed by atoms with Crippen LogP contribution in [-0.4, -0.2) is 4.57 Å². The van der Waals surface area contributed by atoms with Crippen molar-refractivity contribution in [3.63, 3.8) is 0 Å². The van der Waals surface area contributed by atoms with E-state index in [-0.39, 0.29) is 5.56 Å². The Bertz CT molecular complexity index is 391. The van der Waals surface area contributed by atoms with Crippen molar-refractivity contribution in [2.24, 2.45) is 5.92 Å². The lowest BCUT2D eigenvalue weighted by molar-refractivity contribution is 0.488. The molecular weight excluding hydrogens is 188 g/mol. The predicted molar refractivity (Wildman–Crippen MR) is 64.0 cm³/mol. The Morgan fingerprint density at radius 1 is 1.27 bits per heavy atom. The number of hydrogen-bond acceptors (Lipinski definition) is 2. The lowest BCUT2D eigenvalue weighted by Crippen LogP contribution is -2.28. The van der Waals surface area contributed by atoms with Crippen molar-refractivity contribution in [2.45, 2.75) is 40.2 Å². The summed E-state index contributed by atoms with van der Waals surface area (Å²) < 4.78 is 1.80. The molecule has 0 unspecified atom stereocenters. The fraction of sp³-hybridized carbons (Fsp3) is 0.583. The summed E-state index contributed by atoms with van der Waals surface area (Å²) in [5, 5.41) is 0. The van der Waals surface area contributed by atoms with E-state index in [1.807, 2.05) is 6.07 Å². The number of pyridine rings is 1. The van der Waals surface area contributed by atoms with Crippen LogP contribution in [0.4, 0.5) is 5.69 Å². The van der Waals surface area contributed by atoms with Crippen molar-refractivity contribution in [3.05, 3.63) is 28.2 Å². The maximum absolute atomic E-state index is 11.9. The SMILES string of the molecule is CC(C)Cn1c(C(C)C)ccc(N)c1=O. The molecule has 1 rings (SSSR count). The van der Waals surface area contributed by atoms with Crippen LogP contribution in [0, 0.1) is 5.92 Å². The van der Waals surface area contributed by atoms with Crippen molar-refractivity contribution in [2.75, 3.05) is 5.73 Å². The first kappa shape index (κ1) is 11.8. The average Bonchev–Trinajstić information content (AvgIpc) is 2.12. The number of rotatable bonds is 3. The Balaban J connectivity index is 3.29. The highest BCUT2D eigenvalue weighted by Gasteiger charge is 2.10. The van der Waals surface area contributed by atoms with Gasteiger partial charge in [0.15, 0.2) is 0 Å². The maximum atomic E-state index is 11.9. The first-order valence-electron chi connectivity index (χ1n) is 5.42. The van der Waals surface area contributed by atoms with Gasteiger partial charge in [0.05, 0.1) is 5.69 Å². The molecule has 0 aliphatic carbocycles. The molecule has 0 aromatic carbocycles. The zero-order valence-corrected chi connectivity index (χ0v) is 9.95. The van der Waals surface area contributed by atoms with Gasteiger partial charge in [0, 0.05) is 12.2 Å². The molecule has 2 N–H and O–H groups in total. The molecule has 0 radical (unpaired) electrons. The quantitative estimate of drug-likeness (QED) is 0.828. The molecule has 0 saturated carbocycles. The molecule has 0 fully saturated rings. The molecular formula is C12H20N2O. The summed E-state index contributed by atoms with van der Waals surface area (Å²) in [6, 6.07) is 3.65. The normalized spacial score (nSPS) is 11.3. The zero-order chi connectivity index (χ0) is 11.6. The van der Waals surface area contributed by atoms with E-state index in [4.69, 9.17) is 5.73 Å². The second-order valence-electron chi connectivity index (χ2n) is 4.68. The van der Waals surface area contributed by atoms with E-state index in [1.54, 1.807) is 10.6 Å². The van der Waals surface area contributed by atoms with Crippen LogP contribution in [-0.2, 0) is 6.54 Å². The number of nitrogen functional groups attached to an aromatic ring is 1. The van der Waals surface area contributed by atoms with Gasteiger partial charge >= 0.3 is 0 Å². The van der Waals surface area contributed by atoms with Gasteiger partial charge in [0.2, 0.25) is 0 Å². The van der Waals surface area contributed by atoms with Crippen molar-refractivity contribution in [3.8, 4) is 0 Å². The molecule has 1 aromatic rings. The monoisotopic (exact) mass is 208 g/mol. The number of hydrogen-bond donors (Lipinski definition) is 1. The van der Waals surface area contributed by atoms with Crippen molar-refractivity contribution in [1.29, 1.82) is 0 Å². The zero-order valence-electron chi connectivity index (χ0n) is 9.95. The second kappa shape index (κ2) is 4.51. The third kappa shape index (κ3) is 2.61. The van der Waals surface area contributed by atoms with Gasteiger partial charge in [0.25, 0.3) is 5.56 Å². The van der Waals surface area contributed by atoms with E-state index >= 15 is 0 Å². The topological polar surface area (TPSA) is 48.0 Å². The molecule has 0 aliphatic rings. The van der Waals surface area contributed by atoms with Gasteiger partial charge in [0.1, 0.15) is 0 Å². The molecule has 1 aromatic heterocycles. The molecule has 0 aliphatic heterocycles. The smallest absolute Gasteiger partial charge is 0.273 e. The fourth-order valence-electron chi connectivity index (χ4n) is 1.67. The summed E-state index contributed by atoms with van der Waals surface area (Å²) in [7, 11) is 0. The van der Waals surface area contributed by atoms with Gasteiger partial charge < -0.3 is 10.3 Å². The maximum Gasteiger partial charge on any atom is 0.273 e. The highest BCUT2D eigenvalue weighted by Crippen LogP contribution is 2.14. The van der Waals surface area contributed by atoms with Gasteiger partial charge in [-0.15, -0.1) is 0 Å². The Labute approximate surface area is 90.9 Å². The van der Waals surface area contributed by atoms with E-state index in [0.29, 0.717) is 17.5 Å². The largest absolute Gasteiger partial charge is 0.394 e. The van der Waals surface area contributed by atoms with Crippen LogP contribution >= 0.6 is 0 Å². The van der Waals surface area contributed by atoms with Gasteiger partial charge in [-0.1, -0.05) is 27.7 Å². The third-order valence-electron chi connectivity index (χ3n) is 2.38. The molecule has 1 heterocycles. The first-order chi connectivity index (χ1) is 6.93. The number of anilines is 1. The number of aromatic nitrogens is 1. The molecule has 3 heteroatoms. The lowest BCUT2D eigenvalue weighted by Gasteiger charge is -2.17. The lowest BCUT2D eigenvalue weighted by atomic mass is 10.1. The van der Waals surface area contributed by atoms with Crippen molar-refractivity contribution in [1.82, 2.24) is 4.57 Å². The standard InChI is InChI=1S/C12H20N2O/c1-8(2)7-14-11(9(3)4)6-5-10(13)12(14)15/h5-6,8-9H,7,13H2,1-4H3. The highest BCUT2D eigenvalue weighted by atomic mass is 16.1. The Morgan fingerprint density at radius 3 is 2.33 bits per heavy atom. The summed E-state index contributed by atoms with van der Waals surface area (Å²) in [6.07, 6.45) is 0. The van der Waals surface area contributed by atoms with E-state index in [0.717, 1.165) is 12.2 Å². The van der Waals surface area contributed by atoms with E-state index < -0.39 is 0 Å². The van der Waals surface area contributed by atoms with Crippen LogP contribution in [0.15, 0.2) is 16.9 Å². The first-order valence-corrected chi connectivity index (χ1v) is 5.42. The molecule has 0 amide bonds. The van der Waals surface area contributed by atoms with Crippen LogP contribution < -0.4 is 11.3 Å². The molecule has 3 nitrogen and oxygen atoms in total. The minimum atomic E-state index is -0.0603. The summed E-state index contributed by atoms with van der Waals surface area (Å²) in [4.78, 5) is 11.9. The summed E-state index contributed by atoms with van der Waals surface area (Å²) in [5.41, 5.74) is 6.96. The summed E-state index contributed by atoms with van der Waals surface area (Å²) in [6.45, 7) is 9.10. The van der Waals surface area contributed by atoms with Crippen LogP contribution in [0.2, 0.25) is 0 Å². The molecule has 0 atom stereocenters. The summed E-state index contributed by atoms with van der Waals surface area (Å²) >= 11 is 0. The van der Waals surface area contributed by atoms with Crippen LogP contribution in [0.25, 0.3) is 0 Å². The minimum Gasteiger partial charge on any atom is -0.394 e. The predicted octanol–water partition coefficient (Wildman–Crippen LogP) is 2.21. The molecule has 0 saturated heterocycles. The van der Waals surface area contributed by atoms with Crippen LogP contribution in [0.1, 0.15) is 39.3 Å². The van der Waals surface area contributed by atoms with Crippen LogP contribution in [0.5, 0.6) is 0 Å². The van der Waals surface area contributed by atoms with E-state index in [2.05, 4.69) is 27.7 Å². The Hall–Kier alpha value is -1.25. The van der Waals surface area contributed by atoms with Gasteiger partial charge in [-0.3, -0.25) is 4.79 Å². The highest BCUT2D eigenvalue weighted by molar-refractivity contribution is 5.36. The number of nitrogens with zero attached hydrogens (tertiary/aromatic N) is 1. The molecule has 0 bridgehead atoms. The van der Waals surface area contributed by atoms with Gasteiger partial charge in [-0.05, 0) is 24.0 Å². The molecule has 84 valence electrons. The average molecular weight is 208 g/mol. The molecule has 15 heavy (non-hydrogen) atoms. The number of nitrogens with two attached hydrogens (primary N) is 1. The molecule has 0 spiro atoms. The van der Waals surface area contributed by atoms with E-state index in [1.165, 1.54) is 0 Å². The van der Waals surface area contributed by atoms with Crippen molar-refractivity contribution < 1.29 is 0 Å². The fourth-order valence-corrected chi connectivity index (χ4v) is 1.67. The van der Waals surface area contributed by atoms with Gasteiger partial charge in [-0.2, -0.15) is 0 Å². The Morgan fingerprint density at radius 2 is 1.87 bits per heavy atom. The second-order valence-corrected chi connectivity index (χ2v) is 4.68. The van der Waals surface area contributed by atoms with E-state index in [9.17, 15) is 4.79 Å².